The molecule has 1 saturated heterocycles. The van der Waals surface area contributed by atoms with Crippen molar-refractivity contribution in [3.63, 3.8) is 0 Å². The van der Waals surface area contributed by atoms with Crippen LogP contribution in [0.2, 0.25) is 10.0 Å². The van der Waals surface area contributed by atoms with E-state index in [2.05, 4.69) is 36.7 Å². The van der Waals surface area contributed by atoms with Crippen LogP contribution < -0.4 is 21.7 Å². The number of hydrogen-bond acceptors (Lipinski definition) is 4. The molecule has 0 aliphatic carbocycles. The lowest BCUT2D eigenvalue weighted by atomic mass is 9.62. The zero-order valence-electron chi connectivity index (χ0n) is 22.1. The van der Waals surface area contributed by atoms with Crippen molar-refractivity contribution >= 4 is 52.3 Å². The van der Waals surface area contributed by atoms with Gasteiger partial charge in [0.15, 0.2) is 0 Å². The van der Waals surface area contributed by atoms with Gasteiger partial charge in [0.2, 0.25) is 17.7 Å². The van der Waals surface area contributed by atoms with Crippen molar-refractivity contribution in [3.05, 3.63) is 93.2 Å². The zero-order chi connectivity index (χ0) is 29.0. The summed E-state index contributed by atoms with van der Waals surface area (Å²) in [6.45, 7) is 6.17. The maximum atomic E-state index is 14.8. The summed E-state index contributed by atoms with van der Waals surface area (Å²) in [5, 5.41) is 9.92. The van der Waals surface area contributed by atoms with Crippen LogP contribution in [0.25, 0.3) is 0 Å². The monoisotopic (exact) mass is 582 g/mol. The summed E-state index contributed by atoms with van der Waals surface area (Å²) < 4.78 is 14.8. The molecule has 7 nitrogen and oxygen atoms in total. The summed E-state index contributed by atoms with van der Waals surface area (Å²) in [6.07, 6.45) is 0.527. The molecule has 1 unspecified atom stereocenters. The fourth-order valence-electron chi connectivity index (χ4n) is 6.11. The molecule has 2 aliphatic rings. The van der Waals surface area contributed by atoms with E-state index in [0.29, 0.717) is 39.5 Å². The summed E-state index contributed by atoms with van der Waals surface area (Å²) in [7, 11) is 0. The standard InChI is InChI=1S/C30H29Cl2FN4O3/c1-29(2,3)14-23-30(21-9-6-17(31)13-22(21)36-28(30)40)24(16-10-18(32)12-19(33)11-16)25(37-23)27(39)35-20-7-4-15(5-8-20)26(34)38/h4-13,23-25,37H,14H2,1-3H3,(H2,34,38)(H,35,39)(H,36,40)/t23-,24?,25+,30+/m0/s1. The van der Waals surface area contributed by atoms with E-state index >= 15 is 0 Å². The zero-order valence-corrected chi connectivity index (χ0v) is 23.7. The molecule has 1 spiro atoms. The van der Waals surface area contributed by atoms with Crippen LogP contribution in [-0.4, -0.2) is 29.8 Å². The van der Waals surface area contributed by atoms with Gasteiger partial charge in [-0.3, -0.25) is 14.4 Å². The van der Waals surface area contributed by atoms with Crippen molar-refractivity contribution in [2.45, 2.75) is 50.6 Å². The first kappa shape index (κ1) is 28.1. The third-order valence-corrected chi connectivity index (χ3v) is 8.04. The van der Waals surface area contributed by atoms with Crippen LogP contribution in [0, 0.1) is 11.2 Å². The molecule has 3 aromatic rings. The van der Waals surface area contributed by atoms with Gasteiger partial charge in [-0.05, 0) is 77.6 Å². The number of primary amides is 1. The molecule has 5 rings (SSSR count). The van der Waals surface area contributed by atoms with E-state index in [9.17, 15) is 18.8 Å². The molecule has 3 aromatic carbocycles. The Morgan fingerprint density at radius 2 is 1.73 bits per heavy atom. The van der Waals surface area contributed by atoms with Crippen LogP contribution in [0.1, 0.15) is 54.6 Å². The second-order valence-corrected chi connectivity index (χ2v) is 12.5. The lowest BCUT2D eigenvalue weighted by Gasteiger charge is -2.37. The van der Waals surface area contributed by atoms with Gasteiger partial charge in [0.05, 0.1) is 6.04 Å². The van der Waals surface area contributed by atoms with E-state index in [0.717, 1.165) is 0 Å². The molecular formula is C30H29Cl2FN4O3. The molecule has 208 valence electrons. The van der Waals surface area contributed by atoms with E-state index in [1.165, 1.54) is 24.3 Å². The summed E-state index contributed by atoms with van der Waals surface area (Å²) in [5.74, 6) is -2.73. The Morgan fingerprint density at radius 3 is 2.35 bits per heavy atom. The summed E-state index contributed by atoms with van der Waals surface area (Å²) >= 11 is 12.6. The molecule has 3 amide bonds. The van der Waals surface area contributed by atoms with E-state index in [1.54, 1.807) is 36.4 Å². The third kappa shape index (κ3) is 4.96. The van der Waals surface area contributed by atoms with Gasteiger partial charge in [-0.25, -0.2) is 4.39 Å². The molecule has 1 fully saturated rings. The Balaban J connectivity index is 1.68. The number of nitrogens with one attached hydrogen (secondary N) is 3. The molecule has 10 heteroatoms. The first-order valence-corrected chi connectivity index (χ1v) is 13.6. The number of amides is 3. The highest BCUT2D eigenvalue weighted by molar-refractivity contribution is 6.31. The maximum Gasteiger partial charge on any atom is 0.248 e. The van der Waals surface area contributed by atoms with Crippen LogP contribution in [0.5, 0.6) is 0 Å². The minimum Gasteiger partial charge on any atom is -0.366 e. The van der Waals surface area contributed by atoms with Crippen molar-refractivity contribution in [2.75, 3.05) is 10.6 Å². The Kier molecular flexibility index (Phi) is 7.15. The Hall–Kier alpha value is -3.46. The quantitative estimate of drug-likeness (QED) is 0.312. The predicted octanol–water partition coefficient (Wildman–Crippen LogP) is 5.62. The lowest BCUT2D eigenvalue weighted by Crippen LogP contribution is -2.49. The van der Waals surface area contributed by atoms with Gasteiger partial charge in [-0.15, -0.1) is 0 Å². The molecule has 4 atom stereocenters. The number of fused-ring (bicyclic) bond motifs is 2. The number of nitrogens with two attached hydrogens (primary N) is 1. The highest BCUT2D eigenvalue weighted by Crippen LogP contribution is 2.57. The average molecular weight is 583 g/mol. The second-order valence-electron chi connectivity index (χ2n) is 11.6. The highest BCUT2D eigenvalue weighted by Gasteiger charge is 2.65. The first-order valence-electron chi connectivity index (χ1n) is 12.8. The summed E-state index contributed by atoms with van der Waals surface area (Å²) in [4.78, 5) is 39.6. The number of anilines is 2. The number of benzene rings is 3. The molecular weight excluding hydrogens is 554 g/mol. The molecule has 0 aromatic heterocycles. The van der Waals surface area contributed by atoms with Crippen LogP contribution >= 0.6 is 23.2 Å². The minimum atomic E-state index is -1.28. The van der Waals surface area contributed by atoms with Gasteiger partial charge >= 0.3 is 0 Å². The molecule has 5 N–H and O–H groups in total. The Labute approximate surface area is 241 Å². The fourth-order valence-corrected chi connectivity index (χ4v) is 6.52. The van der Waals surface area contributed by atoms with Crippen molar-refractivity contribution in [1.29, 1.82) is 0 Å². The normalized spacial score (nSPS) is 23.6. The maximum absolute atomic E-state index is 14.8. The SMILES string of the molecule is CC(C)(C)C[C@@H]1N[C@@H](C(=O)Nc2ccc(C(N)=O)cc2)C(c2cc(F)cc(Cl)c2)[C@]12C(=O)Nc1cc(Cl)ccc12. The van der Waals surface area contributed by atoms with Crippen LogP contribution in [0.3, 0.4) is 0 Å². The predicted molar refractivity (Wildman–Crippen MR) is 154 cm³/mol. The van der Waals surface area contributed by atoms with Crippen molar-refractivity contribution < 1.29 is 18.8 Å². The minimum absolute atomic E-state index is 0.153. The van der Waals surface area contributed by atoms with Gasteiger partial charge in [0, 0.05) is 38.9 Å². The van der Waals surface area contributed by atoms with E-state index in [1.807, 2.05) is 0 Å². The Morgan fingerprint density at radius 1 is 1.02 bits per heavy atom. The number of carbonyl (C=O) groups excluding carboxylic acids is 3. The number of rotatable bonds is 5. The topological polar surface area (TPSA) is 113 Å². The van der Waals surface area contributed by atoms with Gasteiger partial charge in [-0.2, -0.15) is 0 Å². The largest absolute Gasteiger partial charge is 0.366 e. The van der Waals surface area contributed by atoms with E-state index in [4.69, 9.17) is 28.9 Å². The van der Waals surface area contributed by atoms with Crippen LogP contribution in [0.15, 0.2) is 60.7 Å². The highest BCUT2D eigenvalue weighted by atomic mass is 35.5. The average Bonchev–Trinajstić information content (AvgIpc) is 3.32. The molecule has 2 heterocycles. The third-order valence-electron chi connectivity index (χ3n) is 7.59. The second kappa shape index (κ2) is 10.2. The summed E-state index contributed by atoms with van der Waals surface area (Å²) in [5.41, 5.74) is 6.20. The van der Waals surface area contributed by atoms with Crippen LogP contribution in [-0.2, 0) is 15.0 Å². The molecule has 2 aliphatic heterocycles. The molecule has 0 radical (unpaired) electrons. The molecule has 0 saturated carbocycles. The summed E-state index contributed by atoms with van der Waals surface area (Å²) in [6, 6.07) is 14.0. The van der Waals surface area contributed by atoms with E-state index in [-0.39, 0.29) is 16.3 Å². The van der Waals surface area contributed by atoms with Crippen molar-refractivity contribution in [2.24, 2.45) is 11.1 Å². The van der Waals surface area contributed by atoms with Crippen molar-refractivity contribution in [1.82, 2.24) is 5.32 Å². The van der Waals surface area contributed by atoms with Gasteiger partial charge in [-0.1, -0.05) is 50.0 Å². The van der Waals surface area contributed by atoms with Gasteiger partial charge in [0.25, 0.3) is 0 Å². The van der Waals surface area contributed by atoms with Gasteiger partial charge in [0.1, 0.15) is 11.2 Å². The molecule has 40 heavy (non-hydrogen) atoms. The smallest absolute Gasteiger partial charge is 0.248 e. The number of hydrogen-bond donors (Lipinski definition) is 4. The number of carbonyl (C=O) groups is 3. The Bertz CT molecular complexity index is 1500. The molecule has 0 bridgehead atoms. The van der Waals surface area contributed by atoms with Gasteiger partial charge < -0.3 is 21.7 Å². The lowest BCUT2D eigenvalue weighted by molar-refractivity contribution is -0.122. The fraction of sp³-hybridized carbons (Fsp3) is 0.300. The van der Waals surface area contributed by atoms with E-state index < -0.39 is 41.0 Å². The first-order chi connectivity index (χ1) is 18.8. The number of halogens is 3. The van der Waals surface area contributed by atoms with Crippen LogP contribution in [0.4, 0.5) is 15.8 Å². The van der Waals surface area contributed by atoms with Crippen molar-refractivity contribution in [3.8, 4) is 0 Å².